The molecule has 0 bridgehead atoms. The highest BCUT2D eigenvalue weighted by Crippen LogP contribution is 2.22. The van der Waals surface area contributed by atoms with Gasteiger partial charge in [-0.1, -0.05) is 12.1 Å². The average molecular weight is 386 g/mol. The molecule has 4 N–H and O–H groups in total. The number of imidazole rings is 1. The Bertz CT molecular complexity index is 1160. The lowest BCUT2D eigenvalue weighted by molar-refractivity contribution is -0.119. The molecule has 3 heterocycles. The topological polar surface area (TPSA) is 127 Å². The first-order chi connectivity index (χ1) is 14.1. The SMILES string of the molecule is NC(=O)C(Cc1cccnc1)NC(=O)c1cccc2[nH]c(-c3ccncc3)nc12. The van der Waals surface area contributed by atoms with Crippen LogP contribution in [0.5, 0.6) is 0 Å². The van der Waals surface area contributed by atoms with Crippen LogP contribution in [-0.4, -0.2) is 37.8 Å². The van der Waals surface area contributed by atoms with Crippen LogP contribution in [0.25, 0.3) is 22.4 Å². The molecule has 2 amide bonds. The molecule has 0 radical (unpaired) electrons. The summed E-state index contributed by atoms with van der Waals surface area (Å²) in [5.41, 5.74) is 8.75. The summed E-state index contributed by atoms with van der Waals surface area (Å²) in [6.07, 6.45) is 6.88. The van der Waals surface area contributed by atoms with E-state index in [1.807, 2.05) is 24.3 Å². The van der Waals surface area contributed by atoms with E-state index in [0.29, 0.717) is 22.4 Å². The van der Waals surface area contributed by atoms with Gasteiger partial charge in [0.25, 0.3) is 5.91 Å². The third kappa shape index (κ3) is 3.96. The number of pyridine rings is 2. The Morgan fingerprint density at radius 2 is 1.86 bits per heavy atom. The van der Waals surface area contributed by atoms with Crippen molar-refractivity contribution in [1.82, 2.24) is 25.3 Å². The Morgan fingerprint density at radius 1 is 1.03 bits per heavy atom. The number of nitrogens with two attached hydrogens (primary N) is 1. The van der Waals surface area contributed by atoms with Gasteiger partial charge in [-0.25, -0.2) is 4.98 Å². The van der Waals surface area contributed by atoms with Gasteiger partial charge in [-0.3, -0.25) is 19.6 Å². The second-order valence-electron chi connectivity index (χ2n) is 6.52. The molecule has 1 unspecified atom stereocenters. The number of H-pyrrole nitrogens is 1. The summed E-state index contributed by atoms with van der Waals surface area (Å²) in [6, 6.07) is 11.6. The summed E-state index contributed by atoms with van der Waals surface area (Å²) in [6.45, 7) is 0. The molecule has 0 fully saturated rings. The Kier molecular flexibility index (Phi) is 4.98. The van der Waals surface area contributed by atoms with Crippen LogP contribution in [0.4, 0.5) is 0 Å². The third-order valence-electron chi connectivity index (χ3n) is 4.52. The van der Waals surface area contributed by atoms with E-state index in [9.17, 15) is 9.59 Å². The number of benzene rings is 1. The van der Waals surface area contributed by atoms with E-state index in [0.717, 1.165) is 11.1 Å². The minimum Gasteiger partial charge on any atom is -0.368 e. The predicted molar refractivity (Wildman–Crippen MR) is 108 cm³/mol. The summed E-state index contributed by atoms with van der Waals surface area (Å²) >= 11 is 0. The molecule has 0 spiro atoms. The monoisotopic (exact) mass is 386 g/mol. The number of nitrogens with zero attached hydrogens (tertiary/aromatic N) is 3. The number of fused-ring (bicyclic) bond motifs is 1. The van der Waals surface area contributed by atoms with E-state index in [2.05, 4.69) is 25.3 Å². The quantitative estimate of drug-likeness (QED) is 0.466. The van der Waals surface area contributed by atoms with Crippen molar-refractivity contribution in [1.29, 1.82) is 0 Å². The number of hydrogen-bond donors (Lipinski definition) is 3. The second-order valence-corrected chi connectivity index (χ2v) is 6.52. The maximum atomic E-state index is 12.9. The maximum Gasteiger partial charge on any atom is 0.254 e. The zero-order valence-electron chi connectivity index (χ0n) is 15.4. The van der Waals surface area contributed by atoms with Crippen molar-refractivity contribution < 1.29 is 9.59 Å². The van der Waals surface area contributed by atoms with Crippen LogP contribution < -0.4 is 11.1 Å². The lowest BCUT2D eigenvalue weighted by atomic mass is 10.1. The summed E-state index contributed by atoms with van der Waals surface area (Å²) in [5.74, 6) is -0.408. The van der Waals surface area contributed by atoms with E-state index in [-0.39, 0.29) is 6.42 Å². The average Bonchev–Trinajstić information content (AvgIpc) is 3.19. The number of hydrogen-bond acceptors (Lipinski definition) is 5. The van der Waals surface area contributed by atoms with Crippen LogP contribution in [0.2, 0.25) is 0 Å². The van der Waals surface area contributed by atoms with Crippen molar-refractivity contribution in [3.8, 4) is 11.4 Å². The standard InChI is InChI=1S/C21H18N6O2/c22-19(28)17(11-13-3-2-8-24-12-13)26-21(29)15-4-1-5-16-18(15)27-20(25-16)14-6-9-23-10-7-14/h1-10,12,17H,11H2,(H2,22,28)(H,25,27)(H,26,29). The Labute approximate surface area is 166 Å². The first-order valence-electron chi connectivity index (χ1n) is 9.00. The van der Waals surface area contributed by atoms with Crippen molar-refractivity contribution >= 4 is 22.8 Å². The highest BCUT2D eigenvalue weighted by Gasteiger charge is 2.22. The van der Waals surface area contributed by atoms with E-state index in [1.165, 1.54) is 0 Å². The van der Waals surface area contributed by atoms with Crippen molar-refractivity contribution in [3.05, 3.63) is 78.4 Å². The fraction of sp³-hybridized carbons (Fsp3) is 0.0952. The molecule has 144 valence electrons. The lowest BCUT2D eigenvalue weighted by Gasteiger charge is -2.15. The van der Waals surface area contributed by atoms with Gasteiger partial charge in [0.2, 0.25) is 5.91 Å². The second kappa shape index (κ2) is 7.89. The fourth-order valence-electron chi connectivity index (χ4n) is 3.08. The van der Waals surface area contributed by atoms with Gasteiger partial charge in [0.1, 0.15) is 17.4 Å². The van der Waals surface area contributed by atoms with E-state index >= 15 is 0 Å². The minimum absolute atomic E-state index is 0.258. The molecular weight excluding hydrogens is 368 g/mol. The molecule has 8 heteroatoms. The van der Waals surface area contributed by atoms with Gasteiger partial charge in [-0.05, 0) is 35.9 Å². The largest absolute Gasteiger partial charge is 0.368 e. The lowest BCUT2D eigenvalue weighted by Crippen LogP contribution is -2.45. The molecule has 1 aromatic carbocycles. The molecule has 4 aromatic rings. The minimum atomic E-state index is -0.861. The van der Waals surface area contributed by atoms with Crippen LogP contribution in [-0.2, 0) is 11.2 Å². The zero-order valence-corrected chi connectivity index (χ0v) is 15.4. The predicted octanol–water partition coefficient (Wildman–Crippen LogP) is 1.85. The van der Waals surface area contributed by atoms with Gasteiger partial charge in [0.05, 0.1) is 11.1 Å². The Morgan fingerprint density at radius 3 is 2.59 bits per heavy atom. The molecule has 8 nitrogen and oxygen atoms in total. The van der Waals surface area contributed by atoms with Crippen molar-refractivity contribution in [2.75, 3.05) is 0 Å². The van der Waals surface area contributed by atoms with Gasteiger partial charge >= 0.3 is 0 Å². The normalized spacial score (nSPS) is 11.9. The number of rotatable bonds is 6. The number of carbonyl (C=O) groups is 2. The molecule has 4 rings (SSSR count). The van der Waals surface area contributed by atoms with Gasteiger partial charge < -0.3 is 16.0 Å². The molecular formula is C21H18N6O2. The first kappa shape index (κ1) is 18.3. The summed E-state index contributed by atoms with van der Waals surface area (Å²) < 4.78 is 0. The molecule has 1 atom stereocenters. The van der Waals surface area contributed by atoms with Crippen molar-refractivity contribution in [2.45, 2.75) is 12.5 Å². The fourth-order valence-corrected chi connectivity index (χ4v) is 3.08. The highest BCUT2D eigenvalue weighted by atomic mass is 16.2. The van der Waals surface area contributed by atoms with Gasteiger partial charge in [0, 0.05) is 36.8 Å². The van der Waals surface area contributed by atoms with Crippen LogP contribution in [0.15, 0.2) is 67.3 Å². The number of amides is 2. The van der Waals surface area contributed by atoms with Crippen LogP contribution >= 0.6 is 0 Å². The summed E-state index contributed by atoms with van der Waals surface area (Å²) in [7, 11) is 0. The number of aromatic amines is 1. The smallest absolute Gasteiger partial charge is 0.254 e. The molecule has 0 aliphatic carbocycles. The molecule has 0 aliphatic heterocycles. The third-order valence-corrected chi connectivity index (χ3v) is 4.52. The Balaban J connectivity index is 1.62. The summed E-state index contributed by atoms with van der Waals surface area (Å²) in [5, 5.41) is 2.72. The first-order valence-corrected chi connectivity index (χ1v) is 9.00. The highest BCUT2D eigenvalue weighted by molar-refractivity contribution is 6.06. The van der Waals surface area contributed by atoms with Gasteiger partial charge in [-0.15, -0.1) is 0 Å². The van der Waals surface area contributed by atoms with Crippen LogP contribution in [0, 0.1) is 0 Å². The number of para-hydroxylation sites is 1. The number of nitrogens with one attached hydrogen (secondary N) is 2. The molecule has 0 saturated carbocycles. The molecule has 29 heavy (non-hydrogen) atoms. The van der Waals surface area contributed by atoms with Crippen molar-refractivity contribution in [3.63, 3.8) is 0 Å². The van der Waals surface area contributed by atoms with E-state index < -0.39 is 17.9 Å². The zero-order chi connectivity index (χ0) is 20.2. The molecule has 0 aliphatic rings. The number of primary amides is 1. The summed E-state index contributed by atoms with van der Waals surface area (Å²) in [4.78, 5) is 40.6. The van der Waals surface area contributed by atoms with E-state index in [1.54, 1.807) is 43.0 Å². The van der Waals surface area contributed by atoms with E-state index in [4.69, 9.17) is 5.73 Å². The van der Waals surface area contributed by atoms with Gasteiger partial charge in [0.15, 0.2) is 0 Å². The van der Waals surface area contributed by atoms with Gasteiger partial charge in [-0.2, -0.15) is 0 Å². The molecule has 3 aromatic heterocycles. The molecule has 0 saturated heterocycles. The van der Waals surface area contributed by atoms with Crippen molar-refractivity contribution in [2.24, 2.45) is 5.73 Å². The van der Waals surface area contributed by atoms with Crippen LogP contribution in [0.1, 0.15) is 15.9 Å². The number of aromatic nitrogens is 4. The maximum absolute atomic E-state index is 12.9. The van der Waals surface area contributed by atoms with Crippen LogP contribution in [0.3, 0.4) is 0 Å². The number of carbonyl (C=O) groups excluding carboxylic acids is 2. The Hall–Kier alpha value is -4.07.